The number of hydrogen-bond acceptors (Lipinski definition) is 2. The smallest absolute Gasteiger partial charge is 0.237 e. The highest BCUT2D eigenvalue weighted by molar-refractivity contribution is 6.07. The maximum Gasteiger partial charge on any atom is 0.237 e. The van der Waals surface area contributed by atoms with Crippen LogP contribution < -0.4 is 4.90 Å². The highest BCUT2D eigenvalue weighted by Gasteiger charge is 2.50. The number of likely N-dealkylation sites (N-methyl/N-ethyl adjacent to an activating group) is 1. The van der Waals surface area contributed by atoms with Crippen LogP contribution in [0.4, 0.5) is 5.69 Å². The van der Waals surface area contributed by atoms with E-state index in [4.69, 9.17) is 0 Å². The summed E-state index contributed by atoms with van der Waals surface area (Å²) in [6.07, 6.45) is 3.12. The number of carbonyl (C=O) groups is 1. The number of likely N-dealkylation sites (tertiary alicyclic amines) is 1. The number of anilines is 1. The second kappa shape index (κ2) is 4.64. The number of para-hydroxylation sites is 1. The van der Waals surface area contributed by atoms with Crippen LogP contribution in [-0.4, -0.2) is 37.5 Å². The van der Waals surface area contributed by atoms with Gasteiger partial charge in [-0.05, 0) is 50.5 Å². The van der Waals surface area contributed by atoms with Crippen LogP contribution in [0.25, 0.3) is 0 Å². The Labute approximate surface area is 115 Å². The number of benzene rings is 1. The molecular weight excluding hydrogens is 236 g/mol. The van der Waals surface area contributed by atoms with Crippen molar-refractivity contribution in [3.8, 4) is 0 Å². The lowest BCUT2D eigenvalue weighted by Gasteiger charge is -2.38. The summed E-state index contributed by atoms with van der Waals surface area (Å²) in [6.45, 7) is 5.46. The lowest BCUT2D eigenvalue weighted by Crippen LogP contribution is -2.48. The van der Waals surface area contributed by atoms with Crippen LogP contribution in [0.3, 0.4) is 0 Å². The lowest BCUT2D eigenvalue weighted by atomic mass is 9.73. The van der Waals surface area contributed by atoms with Gasteiger partial charge in [-0.15, -0.1) is 0 Å². The van der Waals surface area contributed by atoms with Crippen molar-refractivity contribution in [2.45, 2.75) is 31.6 Å². The van der Waals surface area contributed by atoms with Crippen LogP contribution in [0.15, 0.2) is 24.3 Å². The first kappa shape index (κ1) is 12.7. The summed E-state index contributed by atoms with van der Waals surface area (Å²) in [5.74, 6) is 0.296. The van der Waals surface area contributed by atoms with Gasteiger partial charge in [-0.3, -0.25) is 4.79 Å². The van der Waals surface area contributed by atoms with E-state index in [9.17, 15) is 4.79 Å². The molecule has 2 heterocycles. The molecule has 1 fully saturated rings. The molecule has 3 rings (SSSR count). The Bertz CT molecular complexity index is 489. The lowest BCUT2D eigenvalue weighted by molar-refractivity contribution is -0.124. The van der Waals surface area contributed by atoms with Crippen molar-refractivity contribution in [2.75, 3.05) is 31.6 Å². The SMILES string of the molecule is CCCN1CCC2(CC1)C(=O)N(C)c1ccccc12. The number of carbonyl (C=O) groups excluding carboxylic acids is 1. The summed E-state index contributed by atoms with van der Waals surface area (Å²) in [5, 5.41) is 0. The van der Waals surface area contributed by atoms with Gasteiger partial charge in [-0.1, -0.05) is 25.1 Å². The molecule has 102 valence electrons. The largest absolute Gasteiger partial charge is 0.314 e. The molecule has 0 N–H and O–H groups in total. The molecule has 2 aliphatic heterocycles. The van der Waals surface area contributed by atoms with Crippen LogP contribution in [0.5, 0.6) is 0 Å². The molecule has 2 aliphatic rings. The number of hydrogen-bond donors (Lipinski definition) is 0. The molecule has 19 heavy (non-hydrogen) atoms. The highest BCUT2D eigenvalue weighted by atomic mass is 16.2. The topological polar surface area (TPSA) is 23.6 Å². The second-order valence-corrected chi connectivity index (χ2v) is 5.81. The number of amides is 1. The van der Waals surface area contributed by atoms with Gasteiger partial charge >= 0.3 is 0 Å². The number of rotatable bonds is 2. The summed E-state index contributed by atoms with van der Waals surface area (Å²) in [4.78, 5) is 17.0. The Balaban J connectivity index is 1.91. The minimum absolute atomic E-state index is 0.240. The van der Waals surface area contributed by atoms with Crippen molar-refractivity contribution < 1.29 is 4.79 Å². The summed E-state index contributed by atoms with van der Waals surface area (Å²) in [6, 6.07) is 8.30. The van der Waals surface area contributed by atoms with Crippen LogP contribution in [0.2, 0.25) is 0 Å². The van der Waals surface area contributed by atoms with Gasteiger partial charge in [0.05, 0.1) is 5.41 Å². The van der Waals surface area contributed by atoms with E-state index in [1.807, 2.05) is 18.0 Å². The molecule has 1 aromatic carbocycles. The first-order valence-corrected chi connectivity index (χ1v) is 7.29. The summed E-state index contributed by atoms with van der Waals surface area (Å²) >= 11 is 0. The number of nitrogens with zero attached hydrogens (tertiary/aromatic N) is 2. The molecule has 0 atom stereocenters. The molecule has 1 saturated heterocycles. The molecule has 3 nitrogen and oxygen atoms in total. The van der Waals surface area contributed by atoms with Crippen molar-refractivity contribution >= 4 is 11.6 Å². The van der Waals surface area contributed by atoms with Crippen LogP contribution in [0.1, 0.15) is 31.7 Å². The molecule has 0 saturated carbocycles. The van der Waals surface area contributed by atoms with E-state index in [0.717, 1.165) is 38.2 Å². The fourth-order valence-electron chi connectivity index (χ4n) is 3.67. The van der Waals surface area contributed by atoms with Gasteiger partial charge < -0.3 is 9.80 Å². The zero-order chi connectivity index (χ0) is 13.5. The predicted octanol–water partition coefficient (Wildman–Crippen LogP) is 2.41. The summed E-state index contributed by atoms with van der Waals surface area (Å²) in [7, 11) is 1.91. The fraction of sp³-hybridized carbons (Fsp3) is 0.562. The van der Waals surface area contributed by atoms with E-state index in [2.05, 4.69) is 30.0 Å². The maximum atomic E-state index is 12.7. The number of piperidine rings is 1. The van der Waals surface area contributed by atoms with E-state index in [1.165, 1.54) is 12.0 Å². The van der Waals surface area contributed by atoms with Crippen LogP contribution in [0, 0.1) is 0 Å². The first-order chi connectivity index (χ1) is 9.19. The van der Waals surface area contributed by atoms with Gasteiger partial charge in [0.25, 0.3) is 0 Å². The Morgan fingerprint density at radius 3 is 2.58 bits per heavy atom. The fourth-order valence-corrected chi connectivity index (χ4v) is 3.67. The normalized spacial score (nSPS) is 22.0. The highest BCUT2D eigenvalue weighted by Crippen LogP contribution is 2.47. The third-order valence-corrected chi connectivity index (χ3v) is 4.74. The summed E-state index contributed by atoms with van der Waals surface area (Å²) in [5.41, 5.74) is 2.12. The maximum absolute atomic E-state index is 12.7. The average molecular weight is 258 g/mol. The molecule has 3 heteroatoms. The molecule has 0 aromatic heterocycles. The third kappa shape index (κ3) is 1.79. The first-order valence-electron chi connectivity index (χ1n) is 7.29. The zero-order valence-electron chi connectivity index (χ0n) is 11.9. The minimum Gasteiger partial charge on any atom is -0.314 e. The van der Waals surface area contributed by atoms with Gasteiger partial charge in [-0.25, -0.2) is 0 Å². The Kier molecular flexibility index (Phi) is 3.09. The van der Waals surface area contributed by atoms with Crippen molar-refractivity contribution in [3.05, 3.63) is 29.8 Å². The van der Waals surface area contributed by atoms with E-state index in [0.29, 0.717) is 5.91 Å². The molecule has 0 radical (unpaired) electrons. The van der Waals surface area contributed by atoms with E-state index in [-0.39, 0.29) is 5.41 Å². The molecule has 1 spiro atoms. The minimum atomic E-state index is -0.240. The zero-order valence-corrected chi connectivity index (χ0v) is 11.9. The van der Waals surface area contributed by atoms with Crippen LogP contribution >= 0.6 is 0 Å². The number of fused-ring (bicyclic) bond motifs is 2. The van der Waals surface area contributed by atoms with Gasteiger partial charge in [0, 0.05) is 12.7 Å². The standard InChI is InChI=1S/C16H22N2O/c1-3-10-18-11-8-16(9-12-18)13-6-4-5-7-14(13)17(2)15(16)19/h4-7H,3,8-12H2,1-2H3. The van der Waals surface area contributed by atoms with Crippen molar-refractivity contribution in [1.82, 2.24) is 4.90 Å². The predicted molar refractivity (Wildman–Crippen MR) is 77.5 cm³/mol. The van der Waals surface area contributed by atoms with E-state index >= 15 is 0 Å². The molecule has 0 bridgehead atoms. The average Bonchev–Trinajstić information content (AvgIpc) is 2.65. The third-order valence-electron chi connectivity index (χ3n) is 4.74. The van der Waals surface area contributed by atoms with E-state index < -0.39 is 0 Å². The van der Waals surface area contributed by atoms with Crippen molar-refractivity contribution in [1.29, 1.82) is 0 Å². The molecule has 0 aliphatic carbocycles. The van der Waals surface area contributed by atoms with Crippen molar-refractivity contribution in [2.24, 2.45) is 0 Å². The molecular formula is C16H22N2O. The van der Waals surface area contributed by atoms with Crippen LogP contribution in [-0.2, 0) is 10.2 Å². The van der Waals surface area contributed by atoms with Crippen molar-refractivity contribution in [3.63, 3.8) is 0 Å². The second-order valence-electron chi connectivity index (χ2n) is 5.81. The Morgan fingerprint density at radius 2 is 1.89 bits per heavy atom. The van der Waals surface area contributed by atoms with Gasteiger partial charge in [-0.2, -0.15) is 0 Å². The Hall–Kier alpha value is -1.35. The molecule has 1 amide bonds. The van der Waals surface area contributed by atoms with Gasteiger partial charge in [0.1, 0.15) is 0 Å². The quantitative estimate of drug-likeness (QED) is 0.813. The Morgan fingerprint density at radius 1 is 1.21 bits per heavy atom. The van der Waals surface area contributed by atoms with E-state index in [1.54, 1.807) is 0 Å². The van der Waals surface area contributed by atoms with Gasteiger partial charge in [0.15, 0.2) is 0 Å². The molecule has 0 unspecified atom stereocenters. The van der Waals surface area contributed by atoms with Gasteiger partial charge in [0.2, 0.25) is 5.91 Å². The monoisotopic (exact) mass is 258 g/mol. The summed E-state index contributed by atoms with van der Waals surface area (Å²) < 4.78 is 0. The molecule has 1 aromatic rings.